The van der Waals surface area contributed by atoms with E-state index >= 15 is 0 Å². The molecule has 3 aromatic rings. The molecule has 1 heterocycles. The fourth-order valence-electron chi connectivity index (χ4n) is 2.71. The number of nitrogens with zero attached hydrogens (tertiary/aromatic N) is 1. The summed E-state index contributed by atoms with van der Waals surface area (Å²) in [6.07, 6.45) is 1.93. The average molecular weight is 394 g/mol. The average Bonchev–Trinajstić information content (AvgIpc) is 2.73. The van der Waals surface area contributed by atoms with Gasteiger partial charge in [-0.2, -0.15) is 0 Å². The lowest BCUT2D eigenvalue weighted by Gasteiger charge is -2.13. The van der Waals surface area contributed by atoms with Crippen molar-refractivity contribution in [3.63, 3.8) is 0 Å². The molecule has 1 atom stereocenters. The summed E-state index contributed by atoms with van der Waals surface area (Å²) in [6.45, 7) is 1.38. The third kappa shape index (κ3) is 6.67. The second kappa shape index (κ2) is 10.3. The Bertz CT molecular complexity index is 885. The van der Waals surface area contributed by atoms with Gasteiger partial charge in [0.05, 0.1) is 5.69 Å². The molecule has 0 aliphatic heterocycles. The minimum Gasteiger partial charge on any atom is -0.508 e. The molecule has 29 heavy (non-hydrogen) atoms. The molecular weight excluding hydrogens is 368 g/mol. The lowest BCUT2D eigenvalue weighted by atomic mass is 10.1. The van der Waals surface area contributed by atoms with Gasteiger partial charge in [-0.1, -0.05) is 12.1 Å². The highest BCUT2D eigenvalue weighted by Crippen LogP contribution is 2.20. The summed E-state index contributed by atoms with van der Waals surface area (Å²) in [5, 5.41) is 25.7. The van der Waals surface area contributed by atoms with Crippen LogP contribution in [0.4, 0.5) is 17.2 Å². The van der Waals surface area contributed by atoms with Gasteiger partial charge in [-0.25, -0.2) is 4.98 Å². The summed E-state index contributed by atoms with van der Waals surface area (Å²) in [7, 11) is 0. The number of rotatable bonds is 10. The van der Waals surface area contributed by atoms with Crippen molar-refractivity contribution in [3.8, 4) is 11.5 Å². The molecule has 7 heteroatoms. The fourth-order valence-corrected chi connectivity index (χ4v) is 2.71. The van der Waals surface area contributed by atoms with Gasteiger partial charge in [0.2, 0.25) is 0 Å². The Morgan fingerprint density at radius 2 is 1.79 bits per heavy atom. The Morgan fingerprint density at radius 1 is 1.03 bits per heavy atom. The van der Waals surface area contributed by atoms with E-state index in [-0.39, 0.29) is 12.4 Å². The molecule has 7 nitrogen and oxygen atoms in total. The monoisotopic (exact) mass is 394 g/mol. The van der Waals surface area contributed by atoms with E-state index in [1.54, 1.807) is 42.6 Å². The zero-order valence-electron chi connectivity index (χ0n) is 16.1. The quantitative estimate of drug-likeness (QED) is 0.336. The number of pyridine rings is 1. The van der Waals surface area contributed by atoms with Gasteiger partial charge in [0, 0.05) is 18.4 Å². The van der Waals surface area contributed by atoms with Crippen molar-refractivity contribution in [1.82, 2.24) is 10.3 Å². The van der Waals surface area contributed by atoms with Crippen LogP contribution in [-0.2, 0) is 6.42 Å². The lowest BCUT2D eigenvalue weighted by Crippen LogP contribution is -2.32. The van der Waals surface area contributed by atoms with E-state index in [9.17, 15) is 10.2 Å². The molecular formula is C22H26N4O3. The number of nitrogens with one attached hydrogen (secondary N) is 2. The zero-order chi connectivity index (χ0) is 20.5. The van der Waals surface area contributed by atoms with Crippen molar-refractivity contribution in [2.75, 3.05) is 30.7 Å². The molecule has 0 amide bonds. The van der Waals surface area contributed by atoms with Crippen LogP contribution in [0.25, 0.3) is 0 Å². The second-order valence-corrected chi connectivity index (χ2v) is 6.68. The SMILES string of the molecule is Nc1cccnc1Nc1ccc(CCNC[C@H](O)COc2ccc(O)cc2)cc1. The summed E-state index contributed by atoms with van der Waals surface area (Å²) in [5.41, 5.74) is 8.61. The number of nitrogens with two attached hydrogens (primary N) is 1. The maximum atomic E-state index is 10.00. The molecule has 0 aliphatic rings. The smallest absolute Gasteiger partial charge is 0.153 e. The molecule has 0 saturated heterocycles. The van der Waals surface area contributed by atoms with Crippen LogP contribution in [0.2, 0.25) is 0 Å². The summed E-state index contributed by atoms with van der Waals surface area (Å²) >= 11 is 0. The van der Waals surface area contributed by atoms with Gasteiger partial charge in [-0.05, 0) is 67.1 Å². The number of anilines is 3. The molecule has 0 unspecified atom stereocenters. The summed E-state index contributed by atoms with van der Waals surface area (Å²) in [5.74, 6) is 1.44. The number of hydrogen-bond donors (Lipinski definition) is 5. The van der Waals surface area contributed by atoms with Crippen LogP contribution in [-0.4, -0.2) is 41.0 Å². The van der Waals surface area contributed by atoms with Gasteiger partial charge in [-0.3, -0.25) is 0 Å². The highest BCUT2D eigenvalue weighted by atomic mass is 16.5. The first kappa shape index (κ1) is 20.4. The first-order chi connectivity index (χ1) is 14.1. The van der Waals surface area contributed by atoms with E-state index in [4.69, 9.17) is 10.5 Å². The minimum absolute atomic E-state index is 0.184. The predicted molar refractivity (Wildman–Crippen MR) is 115 cm³/mol. The van der Waals surface area contributed by atoms with Crippen molar-refractivity contribution in [3.05, 3.63) is 72.4 Å². The van der Waals surface area contributed by atoms with Crippen LogP contribution < -0.4 is 21.1 Å². The Labute approximate surface area is 170 Å². The van der Waals surface area contributed by atoms with Crippen molar-refractivity contribution in [1.29, 1.82) is 0 Å². The molecule has 0 saturated carbocycles. The number of aliphatic hydroxyl groups excluding tert-OH is 1. The van der Waals surface area contributed by atoms with E-state index in [0.717, 1.165) is 18.7 Å². The van der Waals surface area contributed by atoms with Gasteiger partial charge in [0.25, 0.3) is 0 Å². The molecule has 1 aromatic heterocycles. The van der Waals surface area contributed by atoms with Crippen LogP contribution in [0.15, 0.2) is 66.9 Å². The van der Waals surface area contributed by atoms with Gasteiger partial charge in [-0.15, -0.1) is 0 Å². The van der Waals surface area contributed by atoms with Gasteiger partial charge in [0.15, 0.2) is 5.82 Å². The summed E-state index contributed by atoms with van der Waals surface area (Å²) < 4.78 is 5.49. The Balaban J connectivity index is 1.35. The normalized spacial score (nSPS) is 11.8. The molecule has 3 rings (SSSR count). The number of aromatic hydroxyl groups is 1. The van der Waals surface area contributed by atoms with Crippen molar-refractivity contribution >= 4 is 17.2 Å². The molecule has 152 valence electrons. The zero-order valence-corrected chi connectivity index (χ0v) is 16.1. The first-order valence-electron chi connectivity index (χ1n) is 9.47. The number of ether oxygens (including phenoxy) is 1. The Hall–Kier alpha value is -3.29. The largest absolute Gasteiger partial charge is 0.508 e. The summed E-state index contributed by atoms with van der Waals surface area (Å²) in [4.78, 5) is 4.22. The number of hydrogen-bond acceptors (Lipinski definition) is 7. The number of aromatic nitrogens is 1. The van der Waals surface area contributed by atoms with Crippen LogP contribution >= 0.6 is 0 Å². The fraction of sp³-hybridized carbons (Fsp3) is 0.227. The topological polar surface area (TPSA) is 113 Å². The number of phenols is 1. The molecule has 6 N–H and O–H groups in total. The Morgan fingerprint density at radius 3 is 2.52 bits per heavy atom. The molecule has 0 fully saturated rings. The van der Waals surface area contributed by atoms with Crippen molar-refractivity contribution in [2.45, 2.75) is 12.5 Å². The van der Waals surface area contributed by atoms with E-state index in [1.165, 1.54) is 5.56 Å². The van der Waals surface area contributed by atoms with Gasteiger partial charge >= 0.3 is 0 Å². The lowest BCUT2D eigenvalue weighted by molar-refractivity contribution is 0.106. The minimum atomic E-state index is -0.612. The van der Waals surface area contributed by atoms with Crippen LogP contribution in [0.3, 0.4) is 0 Å². The maximum absolute atomic E-state index is 10.00. The second-order valence-electron chi connectivity index (χ2n) is 6.68. The van der Waals surface area contributed by atoms with Crippen LogP contribution in [0.1, 0.15) is 5.56 Å². The third-order valence-electron chi connectivity index (χ3n) is 4.31. The molecule has 0 bridgehead atoms. The van der Waals surface area contributed by atoms with E-state index in [0.29, 0.717) is 23.8 Å². The molecule has 0 radical (unpaired) electrons. The first-order valence-corrected chi connectivity index (χ1v) is 9.47. The molecule has 0 spiro atoms. The molecule has 2 aromatic carbocycles. The number of aliphatic hydroxyl groups is 1. The predicted octanol–water partition coefficient (Wildman–Crippen LogP) is 2.69. The van der Waals surface area contributed by atoms with E-state index in [1.807, 2.05) is 24.3 Å². The van der Waals surface area contributed by atoms with Crippen molar-refractivity contribution < 1.29 is 14.9 Å². The number of phenolic OH excluding ortho intramolecular Hbond substituents is 1. The van der Waals surface area contributed by atoms with E-state index in [2.05, 4.69) is 15.6 Å². The highest BCUT2D eigenvalue weighted by molar-refractivity contribution is 5.68. The van der Waals surface area contributed by atoms with Gasteiger partial charge < -0.3 is 31.3 Å². The van der Waals surface area contributed by atoms with Gasteiger partial charge in [0.1, 0.15) is 24.2 Å². The van der Waals surface area contributed by atoms with Crippen LogP contribution in [0, 0.1) is 0 Å². The maximum Gasteiger partial charge on any atom is 0.153 e. The number of benzene rings is 2. The third-order valence-corrected chi connectivity index (χ3v) is 4.31. The van der Waals surface area contributed by atoms with Crippen LogP contribution in [0.5, 0.6) is 11.5 Å². The highest BCUT2D eigenvalue weighted by Gasteiger charge is 2.05. The molecule has 0 aliphatic carbocycles. The van der Waals surface area contributed by atoms with Crippen molar-refractivity contribution in [2.24, 2.45) is 0 Å². The summed E-state index contributed by atoms with van der Waals surface area (Å²) in [6, 6.07) is 18.1. The Kier molecular flexibility index (Phi) is 7.27. The number of nitrogen functional groups attached to an aromatic ring is 1. The van der Waals surface area contributed by atoms with E-state index < -0.39 is 6.10 Å². The standard InChI is InChI=1S/C22H26N4O3/c23-21-2-1-12-25-22(21)26-17-5-3-16(4-6-17)11-13-24-14-19(28)15-29-20-9-7-18(27)8-10-20/h1-10,12,19,24,27-28H,11,13-15,23H2,(H,25,26)/t19-/m0/s1.